The van der Waals surface area contributed by atoms with Crippen molar-refractivity contribution < 1.29 is 9.53 Å². The lowest BCUT2D eigenvalue weighted by molar-refractivity contribution is -0.122. The Morgan fingerprint density at radius 3 is 2.83 bits per heavy atom. The molecule has 1 atom stereocenters. The van der Waals surface area contributed by atoms with Gasteiger partial charge in [-0.2, -0.15) is 0 Å². The molecule has 1 aromatic carbocycles. The number of H-pyrrole nitrogens is 1. The first-order valence-electron chi connectivity index (χ1n) is 7.38. The van der Waals surface area contributed by atoms with E-state index in [0.29, 0.717) is 17.3 Å². The van der Waals surface area contributed by atoms with Gasteiger partial charge in [-0.1, -0.05) is 25.1 Å². The number of anilines is 1. The number of aromatic nitrogens is 2. The number of ether oxygens (including phenoxy) is 1. The van der Waals surface area contributed by atoms with Crippen molar-refractivity contribution in [3.63, 3.8) is 0 Å². The minimum absolute atomic E-state index is 0.191. The fraction of sp³-hybridized carbons (Fsp3) is 0.176. The van der Waals surface area contributed by atoms with E-state index in [4.69, 9.17) is 4.74 Å². The van der Waals surface area contributed by atoms with Gasteiger partial charge in [0.1, 0.15) is 5.75 Å². The quantitative estimate of drug-likeness (QED) is 0.721. The molecule has 0 saturated heterocycles. The van der Waals surface area contributed by atoms with Crippen LogP contribution in [0.3, 0.4) is 0 Å². The van der Waals surface area contributed by atoms with Gasteiger partial charge in [-0.15, -0.1) is 11.3 Å². The Kier molecular flexibility index (Phi) is 4.73. The van der Waals surface area contributed by atoms with Crippen LogP contribution in [-0.4, -0.2) is 22.0 Å². The summed E-state index contributed by atoms with van der Waals surface area (Å²) in [7, 11) is 0. The van der Waals surface area contributed by atoms with Crippen LogP contribution in [0.15, 0.2) is 54.0 Å². The molecule has 0 spiro atoms. The van der Waals surface area contributed by atoms with Gasteiger partial charge < -0.3 is 9.72 Å². The smallest absolute Gasteiger partial charge is 0.267 e. The maximum absolute atomic E-state index is 12.4. The summed E-state index contributed by atoms with van der Waals surface area (Å²) in [4.78, 5) is 19.9. The zero-order chi connectivity index (χ0) is 16.1. The van der Waals surface area contributed by atoms with Crippen molar-refractivity contribution in [2.24, 2.45) is 0 Å². The standard InChI is InChI=1S/C17H17N3O2S/c1-2-15(22-12-7-4-3-5-8-12)16(21)20-17-19-14(11-23-17)13-9-6-10-18-13/h3-11,15,18H,2H2,1H3,(H,19,20,21)/t15-/m0/s1. The average molecular weight is 327 g/mol. The van der Waals surface area contributed by atoms with E-state index in [1.165, 1.54) is 11.3 Å². The lowest BCUT2D eigenvalue weighted by Gasteiger charge is -2.16. The first kappa shape index (κ1) is 15.3. The number of benzene rings is 1. The van der Waals surface area contributed by atoms with Crippen LogP contribution in [0.2, 0.25) is 0 Å². The average Bonchev–Trinajstić information content (AvgIpc) is 3.24. The van der Waals surface area contributed by atoms with Crippen LogP contribution >= 0.6 is 11.3 Å². The molecule has 118 valence electrons. The number of carbonyl (C=O) groups excluding carboxylic acids is 1. The molecule has 2 aromatic heterocycles. The van der Waals surface area contributed by atoms with Crippen LogP contribution < -0.4 is 10.1 Å². The minimum Gasteiger partial charge on any atom is -0.481 e. The molecule has 5 nitrogen and oxygen atoms in total. The Bertz CT molecular complexity index is 753. The number of carbonyl (C=O) groups is 1. The highest BCUT2D eigenvalue weighted by Gasteiger charge is 2.19. The SMILES string of the molecule is CC[C@H](Oc1ccccc1)C(=O)Nc1nc(-c2ccc[nH]2)cs1. The molecule has 0 bridgehead atoms. The summed E-state index contributed by atoms with van der Waals surface area (Å²) in [6.07, 6.45) is 1.87. The number of thiazole rings is 1. The van der Waals surface area contributed by atoms with Crippen molar-refractivity contribution in [3.05, 3.63) is 54.0 Å². The Labute approximate surface area is 138 Å². The number of para-hydroxylation sites is 1. The van der Waals surface area contributed by atoms with Gasteiger partial charge in [0.15, 0.2) is 11.2 Å². The number of aromatic amines is 1. The van der Waals surface area contributed by atoms with Crippen LogP contribution in [-0.2, 0) is 4.79 Å². The van der Waals surface area contributed by atoms with E-state index in [0.717, 1.165) is 11.4 Å². The summed E-state index contributed by atoms with van der Waals surface area (Å²) in [5.74, 6) is 0.490. The van der Waals surface area contributed by atoms with Gasteiger partial charge in [-0.05, 0) is 30.7 Å². The summed E-state index contributed by atoms with van der Waals surface area (Å²) in [6, 6.07) is 13.2. The highest BCUT2D eigenvalue weighted by atomic mass is 32.1. The van der Waals surface area contributed by atoms with Gasteiger partial charge in [-0.3, -0.25) is 10.1 Å². The predicted molar refractivity (Wildman–Crippen MR) is 91.7 cm³/mol. The van der Waals surface area contributed by atoms with Crippen molar-refractivity contribution in [1.82, 2.24) is 9.97 Å². The summed E-state index contributed by atoms with van der Waals surface area (Å²) in [5.41, 5.74) is 1.74. The summed E-state index contributed by atoms with van der Waals surface area (Å²) >= 11 is 1.39. The van der Waals surface area contributed by atoms with Gasteiger partial charge >= 0.3 is 0 Å². The number of hydrogen-bond donors (Lipinski definition) is 2. The van der Waals surface area contributed by atoms with Crippen LogP contribution in [0.4, 0.5) is 5.13 Å². The van der Waals surface area contributed by atoms with Crippen molar-refractivity contribution in [1.29, 1.82) is 0 Å². The van der Waals surface area contributed by atoms with Crippen molar-refractivity contribution in [3.8, 4) is 17.1 Å². The van der Waals surface area contributed by atoms with Gasteiger partial charge in [0.25, 0.3) is 5.91 Å². The molecular weight excluding hydrogens is 310 g/mol. The maximum Gasteiger partial charge on any atom is 0.267 e. The second-order valence-electron chi connectivity index (χ2n) is 4.94. The van der Waals surface area contributed by atoms with E-state index in [-0.39, 0.29) is 5.91 Å². The van der Waals surface area contributed by atoms with Crippen LogP contribution in [0, 0.1) is 0 Å². The summed E-state index contributed by atoms with van der Waals surface area (Å²) < 4.78 is 5.74. The predicted octanol–water partition coefficient (Wildman–Crippen LogP) is 3.93. The monoisotopic (exact) mass is 327 g/mol. The van der Waals surface area contributed by atoms with Gasteiger partial charge in [0, 0.05) is 11.6 Å². The molecule has 3 rings (SSSR count). The molecule has 0 aliphatic rings. The molecule has 23 heavy (non-hydrogen) atoms. The molecule has 6 heteroatoms. The molecule has 0 radical (unpaired) electrons. The lowest BCUT2D eigenvalue weighted by Crippen LogP contribution is -2.32. The molecule has 0 unspecified atom stereocenters. The van der Waals surface area contributed by atoms with E-state index in [1.54, 1.807) is 0 Å². The van der Waals surface area contributed by atoms with Crippen molar-refractivity contribution in [2.45, 2.75) is 19.4 Å². The van der Waals surface area contributed by atoms with Gasteiger partial charge in [-0.25, -0.2) is 4.98 Å². The van der Waals surface area contributed by atoms with E-state index < -0.39 is 6.10 Å². The Hall–Kier alpha value is -2.60. The van der Waals surface area contributed by atoms with E-state index in [1.807, 2.05) is 61.0 Å². The van der Waals surface area contributed by atoms with Crippen LogP contribution in [0.1, 0.15) is 13.3 Å². The fourth-order valence-corrected chi connectivity index (χ4v) is 2.83. The third kappa shape index (κ3) is 3.78. The first-order valence-corrected chi connectivity index (χ1v) is 8.26. The largest absolute Gasteiger partial charge is 0.481 e. The third-order valence-corrected chi connectivity index (χ3v) is 4.05. The second kappa shape index (κ2) is 7.11. The van der Waals surface area contributed by atoms with E-state index in [2.05, 4.69) is 15.3 Å². The Balaban J connectivity index is 1.65. The molecule has 1 amide bonds. The van der Waals surface area contributed by atoms with Gasteiger partial charge in [0.2, 0.25) is 0 Å². The van der Waals surface area contributed by atoms with Crippen LogP contribution in [0.25, 0.3) is 11.4 Å². The first-order chi connectivity index (χ1) is 11.3. The topological polar surface area (TPSA) is 67.0 Å². The number of amides is 1. The molecule has 0 aliphatic heterocycles. The van der Waals surface area contributed by atoms with Crippen LogP contribution in [0.5, 0.6) is 5.75 Å². The van der Waals surface area contributed by atoms with Crippen molar-refractivity contribution in [2.75, 3.05) is 5.32 Å². The molecule has 2 N–H and O–H groups in total. The minimum atomic E-state index is -0.546. The maximum atomic E-state index is 12.4. The molecular formula is C17H17N3O2S. The normalized spacial score (nSPS) is 11.9. The van der Waals surface area contributed by atoms with E-state index in [9.17, 15) is 4.79 Å². The highest BCUT2D eigenvalue weighted by molar-refractivity contribution is 7.14. The zero-order valence-electron chi connectivity index (χ0n) is 12.7. The van der Waals surface area contributed by atoms with Gasteiger partial charge in [0.05, 0.1) is 11.4 Å². The Morgan fingerprint density at radius 1 is 1.30 bits per heavy atom. The lowest BCUT2D eigenvalue weighted by atomic mass is 10.2. The molecule has 0 saturated carbocycles. The van der Waals surface area contributed by atoms with Crippen molar-refractivity contribution >= 4 is 22.4 Å². The zero-order valence-corrected chi connectivity index (χ0v) is 13.5. The fourth-order valence-electron chi connectivity index (χ4n) is 2.12. The molecule has 0 fully saturated rings. The third-order valence-electron chi connectivity index (χ3n) is 3.29. The highest BCUT2D eigenvalue weighted by Crippen LogP contribution is 2.24. The number of rotatable bonds is 6. The number of nitrogens with zero attached hydrogens (tertiary/aromatic N) is 1. The molecule has 3 aromatic rings. The molecule has 0 aliphatic carbocycles. The Morgan fingerprint density at radius 2 is 2.13 bits per heavy atom. The second-order valence-corrected chi connectivity index (χ2v) is 5.80. The number of hydrogen-bond acceptors (Lipinski definition) is 4. The molecule has 2 heterocycles. The van der Waals surface area contributed by atoms with E-state index >= 15 is 0 Å². The summed E-state index contributed by atoms with van der Waals surface area (Å²) in [6.45, 7) is 1.92. The summed E-state index contributed by atoms with van der Waals surface area (Å²) in [5, 5.41) is 5.29. The number of nitrogens with one attached hydrogen (secondary N) is 2.